The zero-order chi connectivity index (χ0) is 21.7. The first kappa shape index (κ1) is 21.8. The number of benzene rings is 1. The first-order valence-corrected chi connectivity index (χ1v) is 10.1. The van der Waals surface area contributed by atoms with Crippen LogP contribution in [0.15, 0.2) is 47.0 Å². The van der Waals surface area contributed by atoms with Crippen LogP contribution in [0.25, 0.3) is 0 Å². The number of amides is 1. The van der Waals surface area contributed by atoms with Crippen LogP contribution < -0.4 is 9.47 Å². The zero-order valence-corrected chi connectivity index (χ0v) is 17.5. The number of thiophene rings is 1. The van der Waals surface area contributed by atoms with Gasteiger partial charge in [0.25, 0.3) is 5.91 Å². The van der Waals surface area contributed by atoms with Crippen molar-refractivity contribution in [3.05, 3.63) is 57.5 Å². The van der Waals surface area contributed by atoms with Crippen molar-refractivity contribution in [2.75, 3.05) is 40.6 Å². The molecule has 160 valence electrons. The Hall–Kier alpha value is -2.88. The first-order chi connectivity index (χ1) is 14.5. The molecule has 1 aromatic heterocycles. The molecule has 3 rings (SSSR count). The molecule has 0 aliphatic carbocycles. The van der Waals surface area contributed by atoms with Gasteiger partial charge in [-0.05, 0) is 29.6 Å². The average molecular weight is 433 g/mol. The second-order valence-electron chi connectivity index (χ2n) is 6.41. The fourth-order valence-electron chi connectivity index (χ4n) is 3.36. The van der Waals surface area contributed by atoms with Gasteiger partial charge in [0.15, 0.2) is 5.76 Å². The molecule has 1 atom stereocenters. The van der Waals surface area contributed by atoms with Crippen LogP contribution in [0, 0.1) is 0 Å². The number of carbonyl (C=O) groups is 2. The van der Waals surface area contributed by atoms with Crippen LogP contribution in [0.3, 0.4) is 0 Å². The minimum absolute atomic E-state index is 0.0174. The molecule has 2 heterocycles. The van der Waals surface area contributed by atoms with Crippen LogP contribution in [0.4, 0.5) is 0 Å². The smallest absolute Gasteiger partial charge is 0.290 e. The molecule has 0 saturated carbocycles. The van der Waals surface area contributed by atoms with E-state index in [0.29, 0.717) is 21.9 Å². The summed E-state index contributed by atoms with van der Waals surface area (Å²) in [4.78, 5) is 27.9. The minimum atomic E-state index is -0.880. The summed E-state index contributed by atoms with van der Waals surface area (Å²) in [5.41, 5.74) is 0.493. The van der Waals surface area contributed by atoms with Crippen molar-refractivity contribution in [2.45, 2.75) is 6.04 Å². The van der Waals surface area contributed by atoms with Crippen molar-refractivity contribution in [3.8, 4) is 11.5 Å². The van der Waals surface area contributed by atoms with E-state index in [-0.39, 0.29) is 31.9 Å². The van der Waals surface area contributed by atoms with Gasteiger partial charge in [-0.25, -0.2) is 0 Å². The van der Waals surface area contributed by atoms with E-state index in [0.717, 1.165) is 0 Å². The van der Waals surface area contributed by atoms with Gasteiger partial charge in [-0.3, -0.25) is 9.59 Å². The van der Waals surface area contributed by atoms with Crippen molar-refractivity contribution < 1.29 is 34.0 Å². The topological polar surface area (TPSA) is 106 Å². The van der Waals surface area contributed by atoms with Gasteiger partial charge in [0.05, 0.1) is 50.5 Å². The number of hydrogen-bond donors (Lipinski definition) is 2. The van der Waals surface area contributed by atoms with E-state index in [1.54, 1.807) is 35.7 Å². The number of ether oxygens (including phenoxy) is 3. The highest BCUT2D eigenvalue weighted by Crippen LogP contribution is 2.43. The maximum atomic E-state index is 13.2. The fraction of sp³-hybridized carbons (Fsp3) is 0.333. The summed E-state index contributed by atoms with van der Waals surface area (Å²) in [5.74, 6) is -0.725. The molecule has 0 spiro atoms. The zero-order valence-electron chi connectivity index (χ0n) is 16.7. The van der Waals surface area contributed by atoms with Crippen molar-refractivity contribution >= 4 is 23.0 Å². The molecule has 30 heavy (non-hydrogen) atoms. The molecule has 2 aromatic rings. The number of nitrogens with zero attached hydrogens (tertiary/aromatic N) is 1. The highest BCUT2D eigenvalue weighted by molar-refractivity contribution is 7.12. The number of hydrogen-bond acceptors (Lipinski definition) is 8. The summed E-state index contributed by atoms with van der Waals surface area (Å²) in [5, 5.41) is 21.3. The first-order valence-electron chi connectivity index (χ1n) is 9.26. The number of aliphatic hydroxyl groups is 2. The van der Waals surface area contributed by atoms with E-state index in [4.69, 9.17) is 19.3 Å². The van der Waals surface area contributed by atoms with Crippen LogP contribution in [-0.4, -0.2) is 67.4 Å². The molecule has 1 aromatic carbocycles. The molecule has 1 aliphatic heterocycles. The van der Waals surface area contributed by atoms with Crippen molar-refractivity contribution in [3.63, 3.8) is 0 Å². The van der Waals surface area contributed by atoms with Crippen molar-refractivity contribution in [1.29, 1.82) is 0 Å². The molecule has 1 aliphatic rings. The lowest BCUT2D eigenvalue weighted by Gasteiger charge is -2.28. The second kappa shape index (κ2) is 9.75. The number of carbonyl (C=O) groups excluding carboxylic acids is 2. The van der Waals surface area contributed by atoms with Gasteiger partial charge in [-0.1, -0.05) is 6.07 Å². The fourth-order valence-corrected chi connectivity index (χ4v) is 4.04. The van der Waals surface area contributed by atoms with Crippen molar-refractivity contribution in [1.82, 2.24) is 4.90 Å². The highest BCUT2D eigenvalue weighted by Gasteiger charge is 2.45. The van der Waals surface area contributed by atoms with Crippen LogP contribution in [0.2, 0.25) is 0 Å². The Kier molecular flexibility index (Phi) is 7.09. The van der Waals surface area contributed by atoms with Gasteiger partial charge in [0, 0.05) is 12.1 Å². The van der Waals surface area contributed by atoms with Gasteiger partial charge in [-0.15, -0.1) is 11.3 Å². The summed E-state index contributed by atoms with van der Waals surface area (Å²) < 4.78 is 16.1. The van der Waals surface area contributed by atoms with E-state index in [1.807, 2.05) is 0 Å². The minimum Gasteiger partial charge on any atom is -0.503 e. The quantitative estimate of drug-likeness (QED) is 0.438. The third kappa shape index (κ3) is 4.18. The molecule has 0 fully saturated rings. The molecular formula is C21H23NO7S. The SMILES string of the molecule is COc1ccc(OC)c([C@@H]2C(C(=O)c3cccs3)=C(O)C(=O)N2CCOCCO)c1. The Morgan fingerprint density at radius 1 is 1.20 bits per heavy atom. The Morgan fingerprint density at radius 3 is 2.63 bits per heavy atom. The largest absolute Gasteiger partial charge is 0.503 e. The van der Waals surface area contributed by atoms with E-state index < -0.39 is 23.5 Å². The van der Waals surface area contributed by atoms with Gasteiger partial charge in [0.2, 0.25) is 5.78 Å². The Morgan fingerprint density at radius 2 is 2.00 bits per heavy atom. The van der Waals surface area contributed by atoms with Gasteiger partial charge >= 0.3 is 0 Å². The average Bonchev–Trinajstić information content (AvgIpc) is 3.38. The molecule has 0 unspecified atom stereocenters. The van der Waals surface area contributed by atoms with Gasteiger partial charge in [-0.2, -0.15) is 0 Å². The molecule has 8 nitrogen and oxygen atoms in total. The molecular weight excluding hydrogens is 410 g/mol. The summed E-state index contributed by atoms with van der Waals surface area (Å²) >= 11 is 1.23. The Labute approximate surface area is 177 Å². The third-order valence-corrected chi connectivity index (χ3v) is 5.61. The van der Waals surface area contributed by atoms with Crippen LogP contribution >= 0.6 is 11.3 Å². The molecule has 1 amide bonds. The van der Waals surface area contributed by atoms with Crippen molar-refractivity contribution in [2.24, 2.45) is 0 Å². The normalized spacial score (nSPS) is 16.3. The van der Waals surface area contributed by atoms with E-state index in [1.165, 1.54) is 30.5 Å². The molecule has 9 heteroatoms. The maximum Gasteiger partial charge on any atom is 0.290 e. The Bertz CT molecular complexity index is 939. The summed E-state index contributed by atoms with van der Waals surface area (Å²) in [6, 6.07) is 7.56. The summed E-state index contributed by atoms with van der Waals surface area (Å²) in [7, 11) is 3.00. The van der Waals surface area contributed by atoms with E-state index >= 15 is 0 Å². The van der Waals surface area contributed by atoms with E-state index in [2.05, 4.69) is 0 Å². The summed E-state index contributed by atoms with van der Waals surface area (Å²) in [6.07, 6.45) is 0. The van der Waals surface area contributed by atoms with Gasteiger partial charge in [0.1, 0.15) is 11.5 Å². The lowest BCUT2D eigenvalue weighted by Crippen LogP contribution is -2.34. The predicted molar refractivity (Wildman–Crippen MR) is 110 cm³/mol. The predicted octanol–water partition coefficient (Wildman–Crippen LogP) is 2.35. The third-order valence-electron chi connectivity index (χ3n) is 4.74. The van der Waals surface area contributed by atoms with Crippen LogP contribution in [-0.2, 0) is 9.53 Å². The van der Waals surface area contributed by atoms with Crippen LogP contribution in [0.1, 0.15) is 21.3 Å². The number of methoxy groups -OCH3 is 2. The standard InChI is InChI=1S/C21H23NO7S/c1-27-13-5-6-15(28-2)14(12-13)18-17(19(24)16-4-3-11-30-16)20(25)21(26)22(18)7-9-29-10-8-23/h3-6,11-12,18,23,25H,7-10H2,1-2H3/t18-/m1/s1. The molecule has 0 radical (unpaired) electrons. The maximum absolute atomic E-state index is 13.2. The second-order valence-corrected chi connectivity index (χ2v) is 7.36. The Balaban J connectivity index is 2.08. The number of Topliss-reactive ketones (excluding diaryl/α,β-unsaturated/α-hetero) is 1. The van der Waals surface area contributed by atoms with Crippen LogP contribution in [0.5, 0.6) is 11.5 Å². The van der Waals surface area contributed by atoms with Gasteiger partial charge < -0.3 is 29.3 Å². The summed E-state index contributed by atoms with van der Waals surface area (Å²) in [6.45, 7) is 0.209. The lowest BCUT2D eigenvalue weighted by molar-refractivity contribution is -0.130. The molecule has 0 saturated heterocycles. The van der Waals surface area contributed by atoms with E-state index in [9.17, 15) is 14.7 Å². The highest BCUT2D eigenvalue weighted by atomic mass is 32.1. The lowest BCUT2D eigenvalue weighted by atomic mass is 9.94. The number of rotatable bonds is 10. The molecule has 0 bridgehead atoms. The molecule has 2 N–H and O–H groups in total. The monoisotopic (exact) mass is 433 g/mol. The number of aliphatic hydroxyl groups excluding tert-OH is 2. The number of ketones is 1.